The first-order chi connectivity index (χ1) is 11.9. The van der Waals surface area contributed by atoms with Gasteiger partial charge in [-0.25, -0.2) is 4.79 Å². The highest BCUT2D eigenvalue weighted by atomic mass is 35.5. The molecule has 0 saturated carbocycles. The molecule has 2 N–H and O–H groups in total. The van der Waals surface area contributed by atoms with E-state index < -0.39 is 11.9 Å². The van der Waals surface area contributed by atoms with Gasteiger partial charge < -0.3 is 19.9 Å². The van der Waals surface area contributed by atoms with Gasteiger partial charge in [0.15, 0.2) is 5.75 Å². The summed E-state index contributed by atoms with van der Waals surface area (Å²) in [6.07, 6.45) is 2.94. The van der Waals surface area contributed by atoms with E-state index in [0.29, 0.717) is 5.75 Å². The molecule has 0 bridgehead atoms. The van der Waals surface area contributed by atoms with Gasteiger partial charge in [-0.1, -0.05) is 23.7 Å². The molecule has 0 saturated heterocycles. The van der Waals surface area contributed by atoms with Crippen molar-refractivity contribution in [3.63, 3.8) is 0 Å². The van der Waals surface area contributed by atoms with Crippen molar-refractivity contribution >= 4 is 35.2 Å². The van der Waals surface area contributed by atoms with E-state index in [1.54, 1.807) is 37.5 Å². The molecule has 6 nitrogen and oxygen atoms in total. The van der Waals surface area contributed by atoms with Crippen LogP contribution in [0.1, 0.15) is 15.9 Å². The van der Waals surface area contributed by atoms with Crippen molar-refractivity contribution in [2.75, 3.05) is 19.5 Å². The molecule has 1 amide bonds. The molecule has 0 fully saturated rings. The van der Waals surface area contributed by atoms with Gasteiger partial charge in [-0.15, -0.1) is 0 Å². The Morgan fingerprint density at radius 3 is 2.36 bits per heavy atom. The number of carboxylic acid groups (broad SMARTS) is 1. The Kier molecular flexibility index (Phi) is 6.03. The van der Waals surface area contributed by atoms with Crippen molar-refractivity contribution in [3.05, 3.63) is 58.6 Å². The van der Waals surface area contributed by atoms with E-state index >= 15 is 0 Å². The fourth-order valence-electron chi connectivity index (χ4n) is 2.08. The first kappa shape index (κ1) is 18.4. The van der Waals surface area contributed by atoms with Crippen molar-refractivity contribution in [2.45, 2.75) is 0 Å². The molecule has 2 rings (SSSR count). The summed E-state index contributed by atoms with van der Waals surface area (Å²) in [4.78, 5) is 23.2. The van der Waals surface area contributed by atoms with Gasteiger partial charge in [-0.2, -0.15) is 0 Å². The zero-order valence-electron chi connectivity index (χ0n) is 13.6. The average Bonchev–Trinajstić information content (AvgIpc) is 2.60. The second-order valence-electron chi connectivity index (χ2n) is 4.94. The summed E-state index contributed by atoms with van der Waals surface area (Å²) in [7, 11) is 2.95. The minimum atomic E-state index is -1.16. The van der Waals surface area contributed by atoms with Crippen LogP contribution in [0.15, 0.2) is 42.5 Å². The number of amides is 1. The maximum atomic E-state index is 12.1. The third kappa shape index (κ3) is 4.74. The van der Waals surface area contributed by atoms with Crippen LogP contribution < -0.4 is 14.8 Å². The molecule has 0 aliphatic heterocycles. The topological polar surface area (TPSA) is 84.9 Å². The second-order valence-corrected chi connectivity index (χ2v) is 5.35. The molecular formula is C18H16ClNO5. The first-order valence-electron chi connectivity index (χ1n) is 7.18. The molecule has 0 aliphatic carbocycles. The van der Waals surface area contributed by atoms with Crippen molar-refractivity contribution < 1.29 is 24.2 Å². The molecule has 2 aromatic carbocycles. The van der Waals surface area contributed by atoms with Crippen LogP contribution in [0.5, 0.6) is 11.5 Å². The van der Waals surface area contributed by atoms with Crippen LogP contribution in [-0.4, -0.2) is 31.2 Å². The number of carbonyl (C=O) groups excluding carboxylic acids is 1. The fourth-order valence-corrected chi connectivity index (χ4v) is 2.38. The molecule has 0 spiro atoms. The van der Waals surface area contributed by atoms with E-state index in [0.717, 1.165) is 5.56 Å². The quantitative estimate of drug-likeness (QED) is 0.766. The number of anilines is 1. The van der Waals surface area contributed by atoms with Crippen molar-refractivity contribution in [1.29, 1.82) is 0 Å². The first-order valence-corrected chi connectivity index (χ1v) is 7.56. The largest absolute Gasteiger partial charge is 0.497 e. The van der Waals surface area contributed by atoms with E-state index in [4.69, 9.17) is 26.2 Å². The number of aromatic carboxylic acids is 1. The van der Waals surface area contributed by atoms with Gasteiger partial charge >= 0.3 is 5.97 Å². The predicted octanol–water partition coefficient (Wildman–Crippen LogP) is 3.71. The third-order valence-corrected chi connectivity index (χ3v) is 3.58. The highest BCUT2D eigenvalue weighted by Crippen LogP contribution is 2.34. The number of rotatable bonds is 6. The number of hydrogen-bond donors (Lipinski definition) is 2. The molecule has 130 valence electrons. The molecule has 25 heavy (non-hydrogen) atoms. The molecule has 0 aliphatic rings. The van der Waals surface area contributed by atoms with Gasteiger partial charge in [-0.3, -0.25) is 4.79 Å². The summed E-state index contributed by atoms with van der Waals surface area (Å²) in [5.41, 5.74) is 0.928. The Balaban J connectivity index is 2.18. The van der Waals surface area contributed by atoms with Crippen LogP contribution >= 0.6 is 11.6 Å². The molecule has 0 atom stereocenters. The zero-order valence-corrected chi connectivity index (χ0v) is 14.3. The van der Waals surface area contributed by atoms with Gasteiger partial charge in [0.25, 0.3) is 0 Å². The Morgan fingerprint density at radius 2 is 1.80 bits per heavy atom. The summed E-state index contributed by atoms with van der Waals surface area (Å²) < 4.78 is 10.2. The van der Waals surface area contributed by atoms with Gasteiger partial charge in [-0.05, 0) is 35.9 Å². The number of carboxylic acids is 1. The van der Waals surface area contributed by atoms with Crippen molar-refractivity contribution in [3.8, 4) is 11.5 Å². The Hall–Kier alpha value is -2.99. The van der Waals surface area contributed by atoms with E-state index in [1.807, 2.05) is 0 Å². The van der Waals surface area contributed by atoms with Crippen LogP contribution in [0.25, 0.3) is 6.08 Å². The summed E-state index contributed by atoms with van der Waals surface area (Å²) in [6, 6.07) is 9.68. The van der Waals surface area contributed by atoms with Crippen molar-refractivity contribution in [2.24, 2.45) is 0 Å². The Bertz CT molecular complexity index is 815. The SMILES string of the molecule is COc1ccc(/C=C/C(=O)Nc2cc(C(=O)O)cc(Cl)c2OC)cc1. The fraction of sp³-hybridized carbons (Fsp3) is 0.111. The maximum absolute atomic E-state index is 12.1. The maximum Gasteiger partial charge on any atom is 0.335 e. The van der Waals surface area contributed by atoms with Gasteiger partial charge in [0, 0.05) is 6.08 Å². The molecule has 2 aromatic rings. The van der Waals surface area contributed by atoms with Crippen LogP contribution in [0, 0.1) is 0 Å². The lowest BCUT2D eigenvalue weighted by Gasteiger charge is -2.11. The third-order valence-electron chi connectivity index (χ3n) is 3.30. The molecule has 0 heterocycles. The molecular weight excluding hydrogens is 346 g/mol. The lowest BCUT2D eigenvalue weighted by atomic mass is 10.1. The number of benzene rings is 2. The van der Waals surface area contributed by atoms with E-state index in [-0.39, 0.29) is 22.0 Å². The number of carbonyl (C=O) groups is 2. The number of halogens is 1. The van der Waals surface area contributed by atoms with Crippen LogP contribution in [0.4, 0.5) is 5.69 Å². The number of ether oxygens (including phenoxy) is 2. The molecule has 0 aromatic heterocycles. The van der Waals surface area contributed by atoms with Crippen LogP contribution in [-0.2, 0) is 4.79 Å². The number of hydrogen-bond acceptors (Lipinski definition) is 4. The minimum absolute atomic E-state index is 0.0553. The average molecular weight is 362 g/mol. The summed E-state index contributed by atoms with van der Waals surface area (Å²) in [6.45, 7) is 0. The van der Waals surface area contributed by atoms with Crippen LogP contribution in [0.3, 0.4) is 0 Å². The number of methoxy groups -OCH3 is 2. The Labute approximate surface area is 149 Å². The molecule has 0 unspecified atom stereocenters. The van der Waals surface area contributed by atoms with E-state index in [2.05, 4.69) is 5.32 Å². The second kappa shape index (κ2) is 8.21. The van der Waals surface area contributed by atoms with Gasteiger partial charge in [0.1, 0.15) is 5.75 Å². The highest BCUT2D eigenvalue weighted by Gasteiger charge is 2.15. The lowest BCUT2D eigenvalue weighted by Crippen LogP contribution is -2.10. The van der Waals surface area contributed by atoms with E-state index in [9.17, 15) is 9.59 Å². The lowest BCUT2D eigenvalue weighted by molar-refractivity contribution is -0.111. The summed E-state index contributed by atoms with van der Waals surface area (Å²) in [5.74, 6) is -0.703. The Morgan fingerprint density at radius 1 is 1.12 bits per heavy atom. The summed E-state index contributed by atoms with van der Waals surface area (Å²) in [5, 5.41) is 11.8. The van der Waals surface area contributed by atoms with Crippen molar-refractivity contribution in [1.82, 2.24) is 0 Å². The van der Waals surface area contributed by atoms with E-state index in [1.165, 1.54) is 25.3 Å². The summed E-state index contributed by atoms with van der Waals surface area (Å²) >= 11 is 5.99. The highest BCUT2D eigenvalue weighted by molar-refractivity contribution is 6.33. The van der Waals surface area contributed by atoms with Gasteiger partial charge in [0.2, 0.25) is 5.91 Å². The smallest absolute Gasteiger partial charge is 0.335 e. The van der Waals surface area contributed by atoms with Crippen LogP contribution in [0.2, 0.25) is 5.02 Å². The van der Waals surface area contributed by atoms with Gasteiger partial charge in [0.05, 0.1) is 30.5 Å². The predicted molar refractivity (Wildman–Crippen MR) is 95.6 cm³/mol. The normalized spacial score (nSPS) is 10.5. The standard InChI is InChI=1S/C18H16ClNO5/c1-24-13-6-3-11(4-7-13)5-8-16(21)20-15-10-12(18(22)23)9-14(19)17(15)25-2/h3-10H,1-2H3,(H,20,21)(H,22,23)/b8-5+. The minimum Gasteiger partial charge on any atom is -0.497 e. The number of nitrogens with one attached hydrogen (secondary N) is 1. The monoisotopic (exact) mass is 361 g/mol. The molecule has 7 heteroatoms. The molecule has 0 radical (unpaired) electrons. The zero-order chi connectivity index (χ0) is 18.4.